The fraction of sp³-hybridized carbons (Fsp3) is 0.148. The minimum Gasteiger partial charge on any atom is -0.439 e. The maximum atomic E-state index is 13.3. The summed E-state index contributed by atoms with van der Waals surface area (Å²) in [6.07, 6.45) is 3.47. The van der Waals surface area contributed by atoms with Crippen LogP contribution in [0.15, 0.2) is 85.2 Å². The Morgan fingerprint density at radius 1 is 0.906 bits per heavy atom. The lowest BCUT2D eigenvalue weighted by Crippen LogP contribution is -2.27. The van der Waals surface area contributed by atoms with Gasteiger partial charge in [0.25, 0.3) is 5.91 Å². The summed E-state index contributed by atoms with van der Waals surface area (Å²) in [6.45, 7) is 5.78. The first-order valence-electron chi connectivity index (χ1n) is 10.5. The Hall–Kier alpha value is -3.99. The topological polar surface area (TPSA) is 64.1 Å². The maximum absolute atomic E-state index is 13.3. The minimum absolute atomic E-state index is 0.167. The van der Waals surface area contributed by atoms with Crippen LogP contribution in [-0.4, -0.2) is 15.9 Å². The molecule has 5 heteroatoms. The first-order valence-corrected chi connectivity index (χ1v) is 10.5. The van der Waals surface area contributed by atoms with Crippen molar-refractivity contribution < 1.29 is 9.53 Å². The van der Waals surface area contributed by atoms with E-state index in [0.29, 0.717) is 17.2 Å². The normalized spacial score (nSPS) is 11.6. The summed E-state index contributed by atoms with van der Waals surface area (Å²) < 4.78 is 6.06. The highest BCUT2D eigenvalue weighted by Crippen LogP contribution is 2.33. The first-order chi connectivity index (χ1) is 15.5. The van der Waals surface area contributed by atoms with Gasteiger partial charge in [0.15, 0.2) is 0 Å². The van der Waals surface area contributed by atoms with Crippen molar-refractivity contribution >= 4 is 5.91 Å². The summed E-state index contributed by atoms with van der Waals surface area (Å²) in [5.41, 5.74) is 5.10. The lowest BCUT2D eigenvalue weighted by atomic mass is 9.98. The maximum Gasteiger partial charge on any atom is 0.252 e. The van der Waals surface area contributed by atoms with E-state index >= 15 is 0 Å². The second-order valence-corrected chi connectivity index (χ2v) is 7.71. The second-order valence-electron chi connectivity index (χ2n) is 7.71. The number of carbonyl (C=O) groups is 1. The molecule has 0 aliphatic carbocycles. The van der Waals surface area contributed by atoms with Crippen molar-refractivity contribution in [2.24, 2.45) is 0 Å². The van der Waals surface area contributed by atoms with Gasteiger partial charge >= 0.3 is 0 Å². The zero-order chi connectivity index (χ0) is 22.5. The Balaban J connectivity index is 1.70. The van der Waals surface area contributed by atoms with Gasteiger partial charge in [-0.05, 0) is 61.7 Å². The standard InChI is InChI=1S/C27H25N3O2/c1-18-12-13-22(17-29-18)20(3)30-27(31)24-15-23(21-9-5-4-6-10-21)16-25(19(24)2)32-26-11-7-8-14-28-26/h4-17,20H,1-3H3,(H,30,31). The molecule has 0 bridgehead atoms. The third-order valence-corrected chi connectivity index (χ3v) is 5.35. The molecule has 4 rings (SSSR count). The Kier molecular flexibility index (Phi) is 6.26. The van der Waals surface area contributed by atoms with Crippen LogP contribution in [0.25, 0.3) is 11.1 Å². The Morgan fingerprint density at radius 3 is 2.38 bits per heavy atom. The number of nitrogens with zero attached hydrogens (tertiary/aromatic N) is 2. The van der Waals surface area contributed by atoms with Gasteiger partial charge in [0.1, 0.15) is 5.75 Å². The van der Waals surface area contributed by atoms with E-state index in [9.17, 15) is 4.79 Å². The molecule has 2 heterocycles. The predicted octanol–water partition coefficient (Wildman–Crippen LogP) is 6.04. The van der Waals surface area contributed by atoms with E-state index in [-0.39, 0.29) is 11.9 Å². The fourth-order valence-corrected chi connectivity index (χ4v) is 3.44. The van der Waals surface area contributed by atoms with Gasteiger partial charge in [-0.1, -0.05) is 42.5 Å². The molecule has 0 fully saturated rings. The summed E-state index contributed by atoms with van der Waals surface area (Å²) in [7, 11) is 0. The highest BCUT2D eigenvalue weighted by Gasteiger charge is 2.19. The lowest BCUT2D eigenvalue weighted by molar-refractivity contribution is 0.0939. The molecule has 0 spiro atoms. The molecule has 1 N–H and O–H groups in total. The summed E-state index contributed by atoms with van der Waals surface area (Å²) >= 11 is 0. The largest absolute Gasteiger partial charge is 0.439 e. The van der Waals surface area contributed by atoms with Crippen molar-refractivity contribution in [3.05, 3.63) is 108 Å². The molecule has 2 aromatic heterocycles. The zero-order valence-electron chi connectivity index (χ0n) is 18.4. The van der Waals surface area contributed by atoms with Gasteiger partial charge < -0.3 is 10.1 Å². The van der Waals surface area contributed by atoms with Crippen LogP contribution < -0.4 is 10.1 Å². The van der Waals surface area contributed by atoms with Crippen molar-refractivity contribution in [2.75, 3.05) is 0 Å². The molecule has 2 aromatic carbocycles. The molecule has 0 aliphatic rings. The van der Waals surface area contributed by atoms with Crippen molar-refractivity contribution in [1.29, 1.82) is 0 Å². The van der Waals surface area contributed by atoms with Gasteiger partial charge in [0, 0.05) is 35.3 Å². The fourth-order valence-electron chi connectivity index (χ4n) is 3.44. The van der Waals surface area contributed by atoms with Crippen LogP contribution in [0.2, 0.25) is 0 Å². The van der Waals surface area contributed by atoms with Gasteiger partial charge in [-0.3, -0.25) is 9.78 Å². The Morgan fingerprint density at radius 2 is 1.69 bits per heavy atom. The molecule has 0 radical (unpaired) electrons. The van der Waals surface area contributed by atoms with Gasteiger partial charge in [-0.25, -0.2) is 4.98 Å². The number of hydrogen-bond donors (Lipinski definition) is 1. The Bertz CT molecular complexity index is 1210. The van der Waals surface area contributed by atoms with Crippen LogP contribution in [-0.2, 0) is 0 Å². The lowest BCUT2D eigenvalue weighted by Gasteiger charge is -2.18. The van der Waals surface area contributed by atoms with E-state index < -0.39 is 0 Å². The summed E-state index contributed by atoms with van der Waals surface area (Å²) in [5.74, 6) is 0.908. The number of carbonyl (C=O) groups excluding carboxylic acids is 1. The highest BCUT2D eigenvalue weighted by atomic mass is 16.5. The van der Waals surface area contributed by atoms with E-state index in [0.717, 1.165) is 27.9 Å². The van der Waals surface area contributed by atoms with Crippen molar-refractivity contribution in [2.45, 2.75) is 26.8 Å². The molecule has 32 heavy (non-hydrogen) atoms. The first kappa shape index (κ1) is 21.2. The van der Waals surface area contributed by atoms with Gasteiger partial charge in [0.05, 0.1) is 6.04 Å². The number of aryl methyl sites for hydroxylation is 1. The molecule has 0 saturated carbocycles. The predicted molar refractivity (Wildman–Crippen MR) is 126 cm³/mol. The van der Waals surface area contributed by atoms with Crippen LogP contribution in [0.5, 0.6) is 11.6 Å². The van der Waals surface area contributed by atoms with Crippen molar-refractivity contribution in [1.82, 2.24) is 15.3 Å². The summed E-state index contributed by atoms with van der Waals surface area (Å²) in [4.78, 5) is 21.9. The minimum atomic E-state index is -0.185. The van der Waals surface area contributed by atoms with Gasteiger partial charge in [0.2, 0.25) is 5.88 Å². The number of rotatable bonds is 6. The summed E-state index contributed by atoms with van der Waals surface area (Å²) in [6, 6.07) is 23.0. The Labute approximate surface area is 188 Å². The molecule has 1 atom stereocenters. The van der Waals surface area contributed by atoms with Crippen molar-refractivity contribution in [3.8, 4) is 22.8 Å². The smallest absolute Gasteiger partial charge is 0.252 e. The number of benzene rings is 2. The third kappa shape index (κ3) is 4.83. The van der Waals surface area contributed by atoms with E-state index in [1.54, 1.807) is 18.5 Å². The van der Waals surface area contributed by atoms with E-state index in [4.69, 9.17) is 4.74 Å². The quantitative estimate of drug-likeness (QED) is 0.410. The number of amides is 1. The van der Waals surface area contributed by atoms with Gasteiger partial charge in [-0.15, -0.1) is 0 Å². The molecule has 1 unspecified atom stereocenters. The summed E-state index contributed by atoms with van der Waals surface area (Å²) in [5, 5.41) is 3.09. The molecule has 5 nitrogen and oxygen atoms in total. The third-order valence-electron chi connectivity index (χ3n) is 5.35. The van der Waals surface area contributed by atoms with Crippen LogP contribution in [0.4, 0.5) is 0 Å². The molecular weight excluding hydrogens is 398 g/mol. The number of ether oxygens (including phenoxy) is 1. The molecular formula is C27H25N3O2. The number of hydrogen-bond acceptors (Lipinski definition) is 4. The number of pyridine rings is 2. The zero-order valence-corrected chi connectivity index (χ0v) is 18.4. The van der Waals surface area contributed by atoms with Gasteiger partial charge in [-0.2, -0.15) is 0 Å². The second kappa shape index (κ2) is 9.43. The number of aromatic nitrogens is 2. The van der Waals surface area contributed by atoms with E-state index in [1.807, 2.05) is 87.5 Å². The highest BCUT2D eigenvalue weighted by molar-refractivity contribution is 5.98. The molecule has 0 saturated heterocycles. The average molecular weight is 424 g/mol. The molecule has 0 aliphatic heterocycles. The monoisotopic (exact) mass is 423 g/mol. The average Bonchev–Trinajstić information content (AvgIpc) is 2.82. The van der Waals surface area contributed by atoms with E-state index in [1.165, 1.54) is 0 Å². The molecule has 4 aromatic rings. The number of nitrogens with one attached hydrogen (secondary N) is 1. The van der Waals surface area contributed by atoms with Crippen LogP contribution in [0.1, 0.15) is 40.1 Å². The molecule has 160 valence electrons. The van der Waals surface area contributed by atoms with Crippen LogP contribution in [0, 0.1) is 13.8 Å². The van der Waals surface area contributed by atoms with Crippen LogP contribution in [0.3, 0.4) is 0 Å². The van der Waals surface area contributed by atoms with Crippen LogP contribution >= 0.6 is 0 Å². The van der Waals surface area contributed by atoms with Crippen molar-refractivity contribution in [3.63, 3.8) is 0 Å². The molecule has 1 amide bonds. The SMILES string of the molecule is Cc1ccc(C(C)NC(=O)c2cc(-c3ccccc3)cc(Oc3ccccn3)c2C)cn1. The van der Waals surface area contributed by atoms with E-state index in [2.05, 4.69) is 15.3 Å².